The molecule has 1 aromatic carbocycles. The average Bonchev–Trinajstić information content (AvgIpc) is 2.48. The van der Waals surface area contributed by atoms with Crippen molar-refractivity contribution in [1.82, 2.24) is 0 Å². The predicted octanol–water partition coefficient (Wildman–Crippen LogP) is 1.97. The zero-order chi connectivity index (χ0) is 14.0. The lowest BCUT2D eigenvalue weighted by Gasteiger charge is -2.23. The second kappa shape index (κ2) is 5.61. The van der Waals surface area contributed by atoms with Crippen molar-refractivity contribution in [2.75, 3.05) is 29.8 Å². The lowest BCUT2D eigenvalue weighted by Crippen LogP contribution is -2.33. The molecule has 0 spiro atoms. The summed E-state index contributed by atoms with van der Waals surface area (Å²) in [4.78, 5) is 0. The highest BCUT2D eigenvalue weighted by molar-refractivity contribution is 7.93. The molecule has 0 unspecified atom stereocenters. The van der Waals surface area contributed by atoms with E-state index in [-0.39, 0.29) is 5.25 Å². The Hall–Kier alpha value is -1.27. The summed E-state index contributed by atoms with van der Waals surface area (Å²) in [5.74, 6) is 0. The molecule has 1 saturated heterocycles. The average molecular weight is 296 g/mol. The van der Waals surface area contributed by atoms with Crippen LogP contribution in [-0.4, -0.2) is 33.4 Å². The van der Waals surface area contributed by atoms with Gasteiger partial charge in [-0.2, -0.15) is 0 Å². The normalized spacial score (nSPS) is 20.0. The van der Waals surface area contributed by atoms with Crippen LogP contribution in [0.3, 0.4) is 0 Å². The molecule has 110 valence electrons. The van der Waals surface area contributed by atoms with Crippen LogP contribution in [0.15, 0.2) is 18.2 Å². The SMILES string of the molecule is O=S(=O)(Nc1ccc2c(c1)CCCN2)C1CCOCC1. The van der Waals surface area contributed by atoms with Gasteiger partial charge in [-0.1, -0.05) is 0 Å². The van der Waals surface area contributed by atoms with E-state index in [1.807, 2.05) is 18.2 Å². The number of hydrogen-bond donors (Lipinski definition) is 2. The number of nitrogens with one attached hydrogen (secondary N) is 2. The molecule has 1 aromatic rings. The van der Waals surface area contributed by atoms with Crippen molar-refractivity contribution < 1.29 is 13.2 Å². The van der Waals surface area contributed by atoms with E-state index in [4.69, 9.17) is 4.74 Å². The zero-order valence-electron chi connectivity index (χ0n) is 11.4. The van der Waals surface area contributed by atoms with E-state index in [2.05, 4.69) is 10.0 Å². The molecule has 2 aliphatic rings. The van der Waals surface area contributed by atoms with Gasteiger partial charge in [-0.25, -0.2) is 8.42 Å². The first-order chi connectivity index (χ1) is 9.65. The van der Waals surface area contributed by atoms with Crippen LogP contribution in [-0.2, 0) is 21.2 Å². The number of aryl methyl sites for hydroxylation is 1. The maximum Gasteiger partial charge on any atom is 0.235 e. The molecule has 0 atom stereocenters. The number of anilines is 2. The van der Waals surface area contributed by atoms with Crippen molar-refractivity contribution in [3.8, 4) is 0 Å². The fraction of sp³-hybridized carbons (Fsp3) is 0.571. The third-order valence-electron chi connectivity index (χ3n) is 3.91. The fourth-order valence-electron chi connectivity index (χ4n) is 2.77. The van der Waals surface area contributed by atoms with Crippen molar-refractivity contribution in [3.63, 3.8) is 0 Å². The van der Waals surface area contributed by atoms with E-state index >= 15 is 0 Å². The molecule has 2 heterocycles. The Morgan fingerprint density at radius 3 is 2.85 bits per heavy atom. The van der Waals surface area contributed by atoms with Crippen molar-refractivity contribution in [1.29, 1.82) is 0 Å². The number of sulfonamides is 1. The molecule has 0 bridgehead atoms. The molecule has 2 aliphatic heterocycles. The van der Waals surface area contributed by atoms with Crippen LogP contribution in [0.1, 0.15) is 24.8 Å². The van der Waals surface area contributed by atoms with Crippen LogP contribution in [0.25, 0.3) is 0 Å². The highest BCUT2D eigenvalue weighted by Gasteiger charge is 2.27. The van der Waals surface area contributed by atoms with E-state index in [1.54, 1.807) is 0 Å². The van der Waals surface area contributed by atoms with Crippen molar-refractivity contribution in [2.45, 2.75) is 30.9 Å². The van der Waals surface area contributed by atoms with Gasteiger partial charge in [0.1, 0.15) is 0 Å². The first-order valence-corrected chi connectivity index (χ1v) is 8.66. The minimum absolute atomic E-state index is 0.342. The van der Waals surface area contributed by atoms with Crippen LogP contribution in [0.2, 0.25) is 0 Å². The Morgan fingerprint density at radius 2 is 2.05 bits per heavy atom. The molecular weight excluding hydrogens is 276 g/mol. The van der Waals surface area contributed by atoms with Gasteiger partial charge >= 0.3 is 0 Å². The van der Waals surface area contributed by atoms with Crippen LogP contribution < -0.4 is 10.0 Å². The van der Waals surface area contributed by atoms with Crippen molar-refractivity contribution in [3.05, 3.63) is 23.8 Å². The van der Waals surface area contributed by atoms with E-state index in [0.29, 0.717) is 31.7 Å². The molecule has 2 N–H and O–H groups in total. The quantitative estimate of drug-likeness (QED) is 0.895. The van der Waals surface area contributed by atoms with Crippen LogP contribution in [0.5, 0.6) is 0 Å². The summed E-state index contributed by atoms with van der Waals surface area (Å²) in [7, 11) is -3.31. The summed E-state index contributed by atoms with van der Waals surface area (Å²) in [5.41, 5.74) is 2.97. The summed E-state index contributed by atoms with van der Waals surface area (Å²) in [6.45, 7) is 2.04. The smallest absolute Gasteiger partial charge is 0.235 e. The summed E-state index contributed by atoms with van der Waals surface area (Å²) in [6, 6.07) is 5.72. The van der Waals surface area contributed by atoms with Gasteiger partial charge in [-0.05, 0) is 49.4 Å². The highest BCUT2D eigenvalue weighted by atomic mass is 32.2. The van der Waals surface area contributed by atoms with Gasteiger partial charge < -0.3 is 10.1 Å². The van der Waals surface area contributed by atoms with Gasteiger partial charge in [0, 0.05) is 31.1 Å². The second-order valence-electron chi connectivity index (χ2n) is 5.36. The van der Waals surface area contributed by atoms with Gasteiger partial charge in [-0.3, -0.25) is 4.72 Å². The number of fused-ring (bicyclic) bond motifs is 1. The van der Waals surface area contributed by atoms with E-state index in [0.717, 1.165) is 25.1 Å². The molecule has 3 rings (SSSR count). The van der Waals surface area contributed by atoms with Gasteiger partial charge in [0.25, 0.3) is 0 Å². The van der Waals surface area contributed by atoms with Crippen LogP contribution in [0, 0.1) is 0 Å². The molecule has 5 nitrogen and oxygen atoms in total. The number of rotatable bonds is 3. The molecule has 0 amide bonds. The summed E-state index contributed by atoms with van der Waals surface area (Å²) < 4.78 is 32.6. The maximum absolute atomic E-state index is 12.3. The van der Waals surface area contributed by atoms with Crippen LogP contribution in [0.4, 0.5) is 11.4 Å². The van der Waals surface area contributed by atoms with E-state index in [1.165, 1.54) is 5.56 Å². The van der Waals surface area contributed by atoms with Gasteiger partial charge in [-0.15, -0.1) is 0 Å². The lowest BCUT2D eigenvalue weighted by atomic mass is 10.0. The first-order valence-electron chi connectivity index (χ1n) is 7.11. The Labute approximate surface area is 119 Å². The van der Waals surface area contributed by atoms with Gasteiger partial charge in [0.05, 0.1) is 5.25 Å². The zero-order valence-corrected chi connectivity index (χ0v) is 12.2. The Kier molecular flexibility index (Phi) is 3.85. The second-order valence-corrected chi connectivity index (χ2v) is 7.32. The summed E-state index contributed by atoms with van der Waals surface area (Å²) >= 11 is 0. The minimum Gasteiger partial charge on any atom is -0.385 e. The lowest BCUT2D eigenvalue weighted by molar-refractivity contribution is 0.0984. The maximum atomic E-state index is 12.3. The molecular formula is C14H20N2O3S. The highest BCUT2D eigenvalue weighted by Crippen LogP contribution is 2.27. The molecule has 20 heavy (non-hydrogen) atoms. The third-order valence-corrected chi connectivity index (χ3v) is 5.78. The topological polar surface area (TPSA) is 67.4 Å². The van der Waals surface area contributed by atoms with E-state index in [9.17, 15) is 8.42 Å². The van der Waals surface area contributed by atoms with E-state index < -0.39 is 10.0 Å². The molecule has 1 fully saturated rings. The molecule has 0 saturated carbocycles. The third kappa shape index (κ3) is 2.91. The van der Waals surface area contributed by atoms with Gasteiger partial charge in [0.15, 0.2) is 0 Å². The van der Waals surface area contributed by atoms with Crippen molar-refractivity contribution in [2.24, 2.45) is 0 Å². The number of hydrogen-bond acceptors (Lipinski definition) is 4. The van der Waals surface area contributed by atoms with Crippen LogP contribution >= 0.6 is 0 Å². The van der Waals surface area contributed by atoms with Crippen molar-refractivity contribution >= 4 is 21.4 Å². The Balaban J connectivity index is 1.76. The molecule has 0 radical (unpaired) electrons. The predicted molar refractivity (Wildman–Crippen MR) is 79.6 cm³/mol. The molecule has 6 heteroatoms. The number of benzene rings is 1. The minimum atomic E-state index is -3.31. The largest absolute Gasteiger partial charge is 0.385 e. The Morgan fingerprint density at radius 1 is 1.25 bits per heavy atom. The summed E-state index contributed by atoms with van der Waals surface area (Å²) in [6.07, 6.45) is 3.22. The fourth-order valence-corrected chi connectivity index (χ4v) is 4.21. The standard InChI is InChI=1S/C14H20N2O3S/c17-20(18,13-5-8-19-9-6-13)16-12-3-4-14-11(10-12)2-1-7-15-14/h3-4,10,13,15-16H,1-2,5-9H2. The molecule has 0 aliphatic carbocycles. The Bertz CT molecular complexity index is 580. The monoisotopic (exact) mass is 296 g/mol. The molecule has 0 aromatic heterocycles. The number of ether oxygens (including phenoxy) is 1. The van der Waals surface area contributed by atoms with Gasteiger partial charge in [0.2, 0.25) is 10.0 Å². The first kappa shape index (κ1) is 13.7. The summed E-state index contributed by atoms with van der Waals surface area (Å²) in [5, 5.41) is 2.98.